The van der Waals surface area contributed by atoms with Crippen LogP contribution < -0.4 is 11.1 Å². The largest absolute Gasteiger partial charge is 0.397 e. The van der Waals surface area contributed by atoms with Crippen LogP contribution in [-0.4, -0.2) is 21.6 Å². The SMILES string of the molecule is Cc1ccc(NC(=O)CS(=O)CC2CCCC2)c(N)c1. The van der Waals surface area contributed by atoms with E-state index in [0.29, 0.717) is 23.0 Å². The average molecular weight is 294 g/mol. The summed E-state index contributed by atoms with van der Waals surface area (Å²) in [6.45, 7) is 1.94. The number of hydrogen-bond acceptors (Lipinski definition) is 3. The van der Waals surface area contributed by atoms with Crippen molar-refractivity contribution in [3.8, 4) is 0 Å². The van der Waals surface area contributed by atoms with E-state index in [9.17, 15) is 9.00 Å². The number of aryl methyl sites for hydroxylation is 1. The minimum absolute atomic E-state index is 0.0593. The number of nitrogens with two attached hydrogens (primary N) is 1. The number of amides is 1. The zero-order valence-electron chi connectivity index (χ0n) is 11.9. The monoisotopic (exact) mass is 294 g/mol. The normalized spacial score (nSPS) is 17.1. The number of carbonyl (C=O) groups is 1. The van der Waals surface area contributed by atoms with Crippen LogP contribution in [0.1, 0.15) is 31.2 Å². The molecule has 1 atom stereocenters. The fourth-order valence-corrected chi connectivity index (χ4v) is 3.97. The van der Waals surface area contributed by atoms with Crippen molar-refractivity contribution in [2.45, 2.75) is 32.6 Å². The van der Waals surface area contributed by atoms with Gasteiger partial charge in [-0.2, -0.15) is 0 Å². The van der Waals surface area contributed by atoms with E-state index in [1.54, 1.807) is 6.07 Å². The van der Waals surface area contributed by atoms with Crippen LogP contribution in [0.25, 0.3) is 0 Å². The number of rotatable bonds is 5. The lowest BCUT2D eigenvalue weighted by atomic mass is 10.1. The molecule has 1 unspecified atom stereocenters. The molecule has 1 fully saturated rings. The second kappa shape index (κ2) is 6.88. The third kappa shape index (κ3) is 4.34. The molecule has 0 bridgehead atoms. The Hall–Kier alpha value is -1.36. The topological polar surface area (TPSA) is 72.2 Å². The first-order chi connectivity index (χ1) is 9.54. The van der Waals surface area contributed by atoms with Gasteiger partial charge in [0, 0.05) is 16.6 Å². The van der Waals surface area contributed by atoms with Gasteiger partial charge in [-0.05, 0) is 43.4 Å². The van der Waals surface area contributed by atoms with Crippen molar-refractivity contribution in [1.82, 2.24) is 0 Å². The van der Waals surface area contributed by atoms with Gasteiger partial charge in [0.15, 0.2) is 0 Å². The quantitative estimate of drug-likeness (QED) is 0.819. The summed E-state index contributed by atoms with van der Waals surface area (Å²) in [6, 6.07) is 5.48. The first-order valence-corrected chi connectivity index (χ1v) is 8.54. The number of hydrogen-bond donors (Lipinski definition) is 2. The summed E-state index contributed by atoms with van der Waals surface area (Å²) in [7, 11) is -1.08. The molecule has 1 aliphatic carbocycles. The average Bonchev–Trinajstić information content (AvgIpc) is 2.85. The van der Waals surface area contributed by atoms with Crippen molar-refractivity contribution in [3.63, 3.8) is 0 Å². The van der Waals surface area contributed by atoms with Gasteiger partial charge in [-0.1, -0.05) is 18.9 Å². The summed E-state index contributed by atoms with van der Waals surface area (Å²) in [5.74, 6) is 1.02. The van der Waals surface area contributed by atoms with E-state index >= 15 is 0 Å². The summed E-state index contributed by atoms with van der Waals surface area (Å²) in [6.07, 6.45) is 4.76. The Morgan fingerprint density at radius 3 is 2.75 bits per heavy atom. The minimum Gasteiger partial charge on any atom is -0.397 e. The van der Waals surface area contributed by atoms with Crippen LogP contribution in [0.3, 0.4) is 0 Å². The molecule has 0 heterocycles. The lowest BCUT2D eigenvalue weighted by Crippen LogP contribution is -2.23. The third-order valence-electron chi connectivity index (χ3n) is 3.67. The molecule has 1 aromatic rings. The molecular formula is C15H22N2O2S. The molecule has 0 spiro atoms. The van der Waals surface area contributed by atoms with Crippen LogP contribution >= 0.6 is 0 Å². The molecule has 1 saturated carbocycles. The van der Waals surface area contributed by atoms with Crippen molar-refractivity contribution in [2.24, 2.45) is 5.92 Å². The van der Waals surface area contributed by atoms with Gasteiger partial charge in [0.25, 0.3) is 0 Å². The Morgan fingerprint density at radius 1 is 1.40 bits per heavy atom. The molecule has 0 radical (unpaired) electrons. The maximum atomic E-state index is 12.0. The summed E-state index contributed by atoms with van der Waals surface area (Å²) >= 11 is 0. The van der Waals surface area contributed by atoms with Gasteiger partial charge in [0.1, 0.15) is 5.75 Å². The smallest absolute Gasteiger partial charge is 0.237 e. The van der Waals surface area contributed by atoms with E-state index in [4.69, 9.17) is 5.73 Å². The number of anilines is 2. The van der Waals surface area contributed by atoms with Gasteiger partial charge in [-0.25, -0.2) is 0 Å². The highest BCUT2D eigenvalue weighted by Crippen LogP contribution is 2.25. The van der Waals surface area contributed by atoms with Crippen molar-refractivity contribution < 1.29 is 9.00 Å². The molecular weight excluding hydrogens is 272 g/mol. The maximum absolute atomic E-state index is 12.0. The van der Waals surface area contributed by atoms with Crippen LogP contribution in [0.4, 0.5) is 11.4 Å². The third-order valence-corrected chi connectivity index (χ3v) is 5.10. The van der Waals surface area contributed by atoms with E-state index in [2.05, 4.69) is 5.32 Å². The Kier molecular flexibility index (Phi) is 5.17. The van der Waals surface area contributed by atoms with Gasteiger partial charge >= 0.3 is 0 Å². The van der Waals surface area contributed by atoms with Crippen LogP contribution in [-0.2, 0) is 15.6 Å². The molecule has 110 valence electrons. The zero-order chi connectivity index (χ0) is 14.5. The summed E-state index contributed by atoms with van der Waals surface area (Å²) in [4.78, 5) is 11.9. The molecule has 1 aliphatic rings. The van der Waals surface area contributed by atoms with Gasteiger partial charge in [0.05, 0.1) is 11.4 Å². The van der Waals surface area contributed by atoms with Gasteiger partial charge in [0.2, 0.25) is 5.91 Å². The van der Waals surface area contributed by atoms with Gasteiger partial charge < -0.3 is 11.1 Å². The first-order valence-electron chi connectivity index (χ1n) is 7.05. The standard InChI is InChI=1S/C15H22N2O2S/c1-11-6-7-14(13(16)8-11)17-15(18)10-20(19)9-12-4-2-3-5-12/h6-8,12H,2-5,9-10,16H2,1H3,(H,17,18). The molecule has 1 aromatic carbocycles. The van der Waals surface area contributed by atoms with Crippen LogP contribution in [0, 0.1) is 12.8 Å². The van der Waals surface area contributed by atoms with E-state index in [1.165, 1.54) is 12.8 Å². The molecule has 2 rings (SSSR count). The summed E-state index contributed by atoms with van der Waals surface area (Å²) in [5, 5.41) is 2.74. The van der Waals surface area contributed by atoms with E-state index in [0.717, 1.165) is 18.4 Å². The predicted octanol–water partition coefficient (Wildman–Crippen LogP) is 2.45. The predicted molar refractivity (Wildman–Crippen MR) is 84.1 cm³/mol. The van der Waals surface area contributed by atoms with Gasteiger partial charge in [-0.3, -0.25) is 9.00 Å². The first kappa shape index (κ1) is 15.0. The van der Waals surface area contributed by atoms with E-state index in [-0.39, 0.29) is 11.7 Å². The Morgan fingerprint density at radius 2 is 2.10 bits per heavy atom. The molecule has 20 heavy (non-hydrogen) atoms. The number of carbonyl (C=O) groups excluding carboxylic acids is 1. The molecule has 3 N–H and O–H groups in total. The Balaban J connectivity index is 1.83. The summed E-state index contributed by atoms with van der Waals surface area (Å²) < 4.78 is 12.0. The zero-order valence-corrected chi connectivity index (χ0v) is 12.7. The molecule has 0 saturated heterocycles. The van der Waals surface area contributed by atoms with E-state index < -0.39 is 10.8 Å². The molecule has 0 aliphatic heterocycles. The van der Waals surface area contributed by atoms with E-state index in [1.807, 2.05) is 19.1 Å². The van der Waals surface area contributed by atoms with Crippen molar-refractivity contribution in [3.05, 3.63) is 23.8 Å². The lowest BCUT2D eigenvalue weighted by Gasteiger charge is -2.10. The van der Waals surface area contributed by atoms with Crippen LogP contribution in [0.5, 0.6) is 0 Å². The number of nitrogens with one attached hydrogen (secondary N) is 1. The highest BCUT2D eigenvalue weighted by atomic mass is 32.2. The fraction of sp³-hybridized carbons (Fsp3) is 0.533. The lowest BCUT2D eigenvalue weighted by molar-refractivity contribution is -0.113. The fourth-order valence-electron chi connectivity index (χ4n) is 2.63. The number of nitrogen functional groups attached to an aromatic ring is 1. The van der Waals surface area contributed by atoms with Crippen molar-refractivity contribution in [1.29, 1.82) is 0 Å². The summed E-state index contributed by atoms with van der Waals surface area (Å²) in [5.41, 5.74) is 8.03. The highest BCUT2D eigenvalue weighted by molar-refractivity contribution is 7.85. The second-order valence-corrected chi connectivity index (χ2v) is 7.04. The Bertz CT molecular complexity index is 511. The molecule has 0 aromatic heterocycles. The molecule has 5 heteroatoms. The molecule has 4 nitrogen and oxygen atoms in total. The maximum Gasteiger partial charge on any atom is 0.237 e. The molecule has 1 amide bonds. The van der Waals surface area contributed by atoms with Crippen molar-refractivity contribution >= 4 is 28.1 Å². The minimum atomic E-state index is -1.08. The van der Waals surface area contributed by atoms with Crippen molar-refractivity contribution in [2.75, 3.05) is 22.6 Å². The Labute approximate surface area is 122 Å². The van der Waals surface area contributed by atoms with Gasteiger partial charge in [-0.15, -0.1) is 0 Å². The number of benzene rings is 1. The second-order valence-electron chi connectivity index (χ2n) is 5.54. The highest BCUT2D eigenvalue weighted by Gasteiger charge is 2.19. The van der Waals surface area contributed by atoms with Crippen LogP contribution in [0.15, 0.2) is 18.2 Å². The van der Waals surface area contributed by atoms with Crippen LogP contribution in [0.2, 0.25) is 0 Å².